The smallest absolute Gasteiger partial charge is 0.221 e. The summed E-state index contributed by atoms with van der Waals surface area (Å²) >= 11 is 0. The lowest BCUT2D eigenvalue weighted by Crippen LogP contribution is -2.34. The van der Waals surface area contributed by atoms with Crippen molar-refractivity contribution in [2.24, 2.45) is 0 Å². The molecule has 0 spiro atoms. The zero-order valence-electron chi connectivity index (χ0n) is 12.6. The van der Waals surface area contributed by atoms with Crippen molar-refractivity contribution >= 4 is 17.5 Å². The Hall–Kier alpha value is -1.88. The SMILES string of the molecule is CC(=O)Nc1cccc(C(C)NC2CCCNC(=O)C2)c1. The molecule has 0 aromatic heterocycles. The lowest BCUT2D eigenvalue weighted by Gasteiger charge is -2.22. The van der Waals surface area contributed by atoms with Gasteiger partial charge in [0.2, 0.25) is 11.8 Å². The average molecular weight is 289 g/mol. The lowest BCUT2D eigenvalue weighted by molar-refractivity contribution is -0.121. The van der Waals surface area contributed by atoms with Crippen LogP contribution in [0.1, 0.15) is 44.7 Å². The maximum atomic E-state index is 11.6. The molecular formula is C16H23N3O2. The van der Waals surface area contributed by atoms with Gasteiger partial charge < -0.3 is 16.0 Å². The Bertz CT molecular complexity index is 516. The van der Waals surface area contributed by atoms with E-state index in [1.54, 1.807) is 0 Å². The molecule has 1 aromatic carbocycles. The van der Waals surface area contributed by atoms with Gasteiger partial charge >= 0.3 is 0 Å². The Balaban J connectivity index is 2.00. The highest BCUT2D eigenvalue weighted by Crippen LogP contribution is 2.19. The van der Waals surface area contributed by atoms with Gasteiger partial charge in [0, 0.05) is 37.7 Å². The summed E-state index contributed by atoms with van der Waals surface area (Å²) in [7, 11) is 0. The van der Waals surface area contributed by atoms with E-state index in [9.17, 15) is 9.59 Å². The molecule has 2 amide bonds. The minimum atomic E-state index is -0.0757. The van der Waals surface area contributed by atoms with Crippen molar-refractivity contribution in [1.29, 1.82) is 0 Å². The van der Waals surface area contributed by atoms with E-state index in [1.165, 1.54) is 6.92 Å². The number of carbonyl (C=O) groups excluding carboxylic acids is 2. The Morgan fingerprint density at radius 1 is 1.43 bits per heavy atom. The van der Waals surface area contributed by atoms with Gasteiger partial charge in [0.1, 0.15) is 0 Å². The zero-order chi connectivity index (χ0) is 15.2. The molecule has 1 aromatic rings. The minimum Gasteiger partial charge on any atom is -0.356 e. The summed E-state index contributed by atoms with van der Waals surface area (Å²) < 4.78 is 0. The molecule has 5 heteroatoms. The molecule has 2 unspecified atom stereocenters. The lowest BCUT2D eigenvalue weighted by atomic mass is 10.0. The van der Waals surface area contributed by atoms with Crippen molar-refractivity contribution in [2.75, 3.05) is 11.9 Å². The van der Waals surface area contributed by atoms with Crippen LogP contribution in [0.4, 0.5) is 5.69 Å². The predicted molar refractivity (Wildman–Crippen MR) is 82.9 cm³/mol. The molecule has 0 saturated carbocycles. The molecule has 1 heterocycles. The number of hydrogen-bond donors (Lipinski definition) is 3. The molecular weight excluding hydrogens is 266 g/mol. The van der Waals surface area contributed by atoms with E-state index in [1.807, 2.05) is 24.3 Å². The van der Waals surface area contributed by atoms with Crippen molar-refractivity contribution in [1.82, 2.24) is 10.6 Å². The van der Waals surface area contributed by atoms with E-state index in [-0.39, 0.29) is 23.9 Å². The third kappa shape index (κ3) is 4.86. The van der Waals surface area contributed by atoms with Gasteiger partial charge in [-0.2, -0.15) is 0 Å². The summed E-state index contributed by atoms with van der Waals surface area (Å²) in [5.41, 5.74) is 1.90. The molecule has 21 heavy (non-hydrogen) atoms. The third-order valence-corrected chi connectivity index (χ3v) is 3.68. The normalized spacial score (nSPS) is 20.3. The van der Waals surface area contributed by atoms with Crippen LogP contribution in [0.5, 0.6) is 0 Å². The highest BCUT2D eigenvalue weighted by Gasteiger charge is 2.19. The van der Waals surface area contributed by atoms with Gasteiger partial charge in [0.25, 0.3) is 0 Å². The maximum absolute atomic E-state index is 11.6. The van der Waals surface area contributed by atoms with Crippen LogP contribution in [-0.2, 0) is 9.59 Å². The van der Waals surface area contributed by atoms with E-state index in [0.29, 0.717) is 6.42 Å². The van der Waals surface area contributed by atoms with Crippen LogP contribution in [0.3, 0.4) is 0 Å². The molecule has 114 valence electrons. The molecule has 1 aliphatic rings. The number of rotatable bonds is 4. The number of anilines is 1. The van der Waals surface area contributed by atoms with Gasteiger partial charge in [0.05, 0.1) is 0 Å². The second-order valence-corrected chi connectivity index (χ2v) is 5.59. The van der Waals surface area contributed by atoms with E-state index in [4.69, 9.17) is 0 Å². The van der Waals surface area contributed by atoms with Crippen molar-refractivity contribution in [3.63, 3.8) is 0 Å². The quantitative estimate of drug-likeness (QED) is 0.793. The van der Waals surface area contributed by atoms with Crippen LogP contribution >= 0.6 is 0 Å². The van der Waals surface area contributed by atoms with Crippen molar-refractivity contribution in [3.8, 4) is 0 Å². The predicted octanol–water partition coefficient (Wildman–Crippen LogP) is 1.96. The number of hydrogen-bond acceptors (Lipinski definition) is 3. The second-order valence-electron chi connectivity index (χ2n) is 5.59. The van der Waals surface area contributed by atoms with Gasteiger partial charge in [0.15, 0.2) is 0 Å². The fraction of sp³-hybridized carbons (Fsp3) is 0.500. The molecule has 1 fully saturated rings. The second kappa shape index (κ2) is 7.22. The fourth-order valence-corrected chi connectivity index (χ4v) is 2.66. The van der Waals surface area contributed by atoms with Gasteiger partial charge in [-0.1, -0.05) is 12.1 Å². The minimum absolute atomic E-state index is 0.0757. The molecule has 0 bridgehead atoms. The third-order valence-electron chi connectivity index (χ3n) is 3.68. The fourth-order valence-electron chi connectivity index (χ4n) is 2.66. The first-order valence-electron chi connectivity index (χ1n) is 7.45. The van der Waals surface area contributed by atoms with Crippen LogP contribution < -0.4 is 16.0 Å². The van der Waals surface area contributed by atoms with Crippen LogP contribution in [-0.4, -0.2) is 24.4 Å². The first-order valence-corrected chi connectivity index (χ1v) is 7.45. The number of carbonyl (C=O) groups is 2. The van der Waals surface area contributed by atoms with Gasteiger partial charge in [-0.05, 0) is 37.5 Å². The summed E-state index contributed by atoms with van der Waals surface area (Å²) in [6.07, 6.45) is 2.52. The molecule has 3 N–H and O–H groups in total. The molecule has 0 radical (unpaired) electrons. The van der Waals surface area contributed by atoms with Crippen LogP contribution in [0.15, 0.2) is 24.3 Å². The highest BCUT2D eigenvalue weighted by atomic mass is 16.2. The van der Waals surface area contributed by atoms with E-state index < -0.39 is 0 Å². The number of amides is 2. The summed E-state index contributed by atoms with van der Waals surface area (Å²) in [5.74, 6) is 0.0393. The van der Waals surface area contributed by atoms with E-state index in [0.717, 1.165) is 30.6 Å². The van der Waals surface area contributed by atoms with Gasteiger partial charge in [-0.15, -0.1) is 0 Å². The van der Waals surface area contributed by atoms with Crippen molar-refractivity contribution in [3.05, 3.63) is 29.8 Å². The first-order chi connectivity index (χ1) is 10.0. The van der Waals surface area contributed by atoms with Gasteiger partial charge in [-0.25, -0.2) is 0 Å². The van der Waals surface area contributed by atoms with E-state index >= 15 is 0 Å². The number of benzene rings is 1. The molecule has 1 aliphatic heterocycles. The largest absolute Gasteiger partial charge is 0.356 e. The topological polar surface area (TPSA) is 70.2 Å². The highest BCUT2D eigenvalue weighted by molar-refractivity contribution is 5.88. The Morgan fingerprint density at radius 3 is 3.00 bits per heavy atom. The molecule has 2 atom stereocenters. The molecule has 1 saturated heterocycles. The Morgan fingerprint density at radius 2 is 2.24 bits per heavy atom. The summed E-state index contributed by atoms with van der Waals surface area (Å²) in [5, 5.41) is 9.19. The van der Waals surface area contributed by atoms with Crippen LogP contribution in [0.2, 0.25) is 0 Å². The Kier molecular flexibility index (Phi) is 5.33. The van der Waals surface area contributed by atoms with Crippen LogP contribution in [0.25, 0.3) is 0 Å². The molecule has 2 rings (SSSR count). The zero-order valence-corrected chi connectivity index (χ0v) is 12.6. The Labute approximate surface area is 125 Å². The summed E-state index contributed by atoms with van der Waals surface area (Å²) in [4.78, 5) is 22.7. The van der Waals surface area contributed by atoms with Gasteiger partial charge in [-0.3, -0.25) is 9.59 Å². The standard InChI is InChI=1S/C16H23N3O2/c1-11(18-15-7-4-8-17-16(21)10-15)13-5-3-6-14(9-13)19-12(2)20/h3,5-6,9,11,15,18H,4,7-8,10H2,1-2H3,(H,17,21)(H,19,20). The first kappa shape index (κ1) is 15.5. The average Bonchev–Trinajstić information content (AvgIpc) is 2.62. The maximum Gasteiger partial charge on any atom is 0.221 e. The molecule has 0 aliphatic carbocycles. The summed E-state index contributed by atoms with van der Waals surface area (Å²) in [6.45, 7) is 4.34. The number of nitrogens with one attached hydrogen (secondary N) is 3. The monoisotopic (exact) mass is 289 g/mol. The summed E-state index contributed by atoms with van der Waals surface area (Å²) in [6, 6.07) is 8.13. The molecule has 5 nitrogen and oxygen atoms in total. The van der Waals surface area contributed by atoms with Crippen LogP contribution in [0, 0.1) is 0 Å². The van der Waals surface area contributed by atoms with Crippen molar-refractivity contribution in [2.45, 2.75) is 45.2 Å². The van der Waals surface area contributed by atoms with E-state index in [2.05, 4.69) is 22.9 Å². The van der Waals surface area contributed by atoms with Crippen molar-refractivity contribution < 1.29 is 9.59 Å².